The molecule has 0 spiro atoms. The second-order valence-electron chi connectivity index (χ2n) is 12.2. The lowest BCUT2D eigenvalue weighted by atomic mass is 10.00. The molecule has 2 fully saturated rings. The van der Waals surface area contributed by atoms with E-state index in [1.54, 1.807) is 0 Å². The van der Waals surface area contributed by atoms with Crippen LogP contribution in [0, 0.1) is 0 Å². The second kappa shape index (κ2) is 12.2. The Kier molecular flexibility index (Phi) is 8.17. The largest absolute Gasteiger partial charge is 0.416 e. The summed E-state index contributed by atoms with van der Waals surface area (Å²) in [5.74, 6) is 0. The minimum atomic E-state index is -4.30. The maximum Gasteiger partial charge on any atom is 0.416 e. The van der Waals surface area contributed by atoms with E-state index in [0.29, 0.717) is 13.2 Å². The molecule has 2 aliphatic heterocycles. The van der Waals surface area contributed by atoms with Gasteiger partial charge in [0.25, 0.3) is 0 Å². The number of morpholine rings is 2. The van der Waals surface area contributed by atoms with Gasteiger partial charge in [0.15, 0.2) is 0 Å². The lowest BCUT2D eigenvalue weighted by molar-refractivity contribution is -0.138. The highest BCUT2D eigenvalue weighted by molar-refractivity contribution is 5.39. The summed E-state index contributed by atoms with van der Waals surface area (Å²) in [6.45, 7) is 0.945. The predicted octanol–water partition coefficient (Wildman–Crippen LogP) is 8.06. The zero-order chi connectivity index (χ0) is 32.1. The number of benzene rings is 4. The van der Waals surface area contributed by atoms with Gasteiger partial charge in [-0.25, -0.2) is 0 Å². The Morgan fingerprint density at radius 2 is 0.870 bits per heavy atom. The molecule has 4 nitrogen and oxygen atoms in total. The van der Waals surface area contributed by atoms with Crippen molar-refractivity contribution in [3.63, 3.8) is 0 Å². The highest BCUT2D eigenvalue weighted by atomic mass is 19.4. The van der Waals surface area contributed by atoms with Crippen LogP contribution in [0.2, 0.25) is 0 Å². The molecule has 0 radical (unpaired) electrons. The van der Waals surface area contributed by atoms with Crippen molar-refractivity contribution in [2.45, 2.75) is 61.6 Å². The molecule has 2 saturated heterocycles. The average molecular weight is 639 g/mol. The van der Waals surface area contributed by atoms with E-state index in [4.69, 9.17) is 9.47 Å². The maximum atomic E-state index is 12.7. The number of hydrogen-bond acceptors (Lipinski definition) is 4. The summed E-state index contributed by atoms with van der Waals surface area (Å²) >= 11 is 0. The third kappa shape index (κ3) is 6.19. The highest BCUT2D eigenvalue weighted by Gasteiger charge is 2.40. The Balaban J connectivity index is 0.000000147. The topological polar surface area (TPSA) is 42.5 Å². The molecule has 240 valence electrons. The fraction of sp³-hybridized carbons (Fsp3) is 0.333. The molecule has 2 N–H and O–H groups in total. The molecule has 0 saturated carbocycles. The summed E-state index contributed by atoms with van der Waals surface area (Å²) in [6, 6.07) is 27.1. The van der Waals surface area contributed by atoms with E-state index < -0.39 is 23.5 Å². The molecule has 4 aromatic carbocycles. The normalized spacial score (nSPS) is 26.7. The molecule has 4 aliphatic rings. The van der Waals surface area contributed by atoms with Crippen molar-refractivity contribution >= 4 is 0 Å². The van der Waals surface area contributed by atoms with Crippen LogP contribution in [-0.4, -0.2) is 25.4 Å². The highest BCUT2D eigenvalue weighted by Crippen LogP contribution is 2.40. The maximum absolute atomic E-state index is 12.7. The Morgan fingerprint density at radius 3 is 1.24 bits per heavy atom. The van der Waals surface area contributed by atoms with Gasteiger partial charge in [0.05, 0.1) is 60.7 Å². The lowest BCUT2D eigenvalue weighted by Crippen LogP contribution is -2.42. The summed E-state index contributed by atoms with van der Waals surface area (Å²) < 4.78 is 87.9. The second-order valence-corrected chi connectivity index (χ2v) is 12.2. The van der Waals surface area contributed by atoms with Crippen LogP contribution in [-0.2, 0) is 34.7 Å². The van der Waals surface area contributed by atoms with Crippen molar-refractivity contribution in [1.82, 2.24) is 10.6 Å². The van der Waals surface area contributed by atoms with Crippen LogP contribution in [0.5, 0.6) is 0 Å². The van der Waals surface area contributed by atoms with Crippen molar-refractivity contribution in [1.29, 1.82) is 0 Å². The van der Waals surface area contributed by atoms with Gasteiger partial charge < -0.3 is 9.47 Å². The first-order chi connectivity index (χ1) is 22.0. The third-order valence-corrected chi connectivity index (χ3v) is 9.36. The summed E-state index contributed by atoms with van der Waals surface area (Å²) in [4.78, 5) is 0. The lowest BCUT2D eigenvalue weighted by Gasteiger charge is -2.34. The van der Waals surface area contributed by atoms with Crippen molar-refractivity contribution in [3.05, 3.63) is 142 Å². The first-order valence-electron chi connectivity index (χ1n) is 15.3. The first kappa shape index (κ1) is 30.9. The molecule has 2 heterocycles. The Bertz CT molecular complexity index is 1550. The molecule has 6 atom stereocenters. The molecule has 0 bridgehead atoms. The van der Waals surface area contributed by atoms with Crippen molar-refractivity contribution < 1.29 is 35.8 Å². The summed E-state index contributed by atoms with van der Waals surface area (Å²) in [6.07, 6.45) is -6.62. The zero-order valence-electron chi connectivity index (χ0n) is 24.6. The summed E-state index contributed by atoms with van der Waals surface area (Å²) in [7, 11) is 0. The first-order valence-corrected chi connectivity index (χ1v) is 15.3. The van der Waals surface area contributed by atoms with Crippen LogP contribution in [0.4, 0.5) is 26.3 Å². The minimum Gasteiger partial charge on any atom is -0.374 e. The summed E-state index contributed by atoms with van der Waals surface area (Å²) in [5, 5.41) is 7.08. The third-order valence-electron chi connectivity index (χ3n) is 9.36. The van der Waals surface area contributed by atoms with Crippen molar-refractivity contribution in [3.8, 4) is 0 Å². The van der Waals surface area contributed by atoms with Crippen molar-refractivity contribution in [2.75, 3.05) is 13.2 Å². The van der Waals surface area contributed by atoms with Gasteiger partial charge in [-0.3, -0.25) is 10.6 Å². The molecule has 4 aromatic rings. The van der Waals surface area contributed by atoms with E-state index >= 15 is 0 Å². The standard InChI is InChI=1S/2C18H16F3NO/c2*19-18(20,21)13-7-5-11(6-8-13)15-10-23-16-9-12-3-1-2-4-14(12)17(16)22-15/h2*1-8,15-17,22H,9-10H2/t2*15-,16+,17-/m11/s1. The number of rotatable bonds is 2. The minimum absolute atomic E-state index is 0.0929. The Morgan fingerprint density at radius 1 is 0.500 bits per heavy atom. The molecule has 0 unspecified atom stereocenters. The monoisotopic (exact) mass is 638 g/mol. The van der Waals surface area contributed by atoms with Crippen LogP contribution in [0.25, 0.3) is 0 Å². The average Bonchev–Trinajstić information content (AvgIpc) is 3.62. The number of nitrogens with one attached hydrogen (secondary N) is 2. The SMILES string of the molecule is FC(F)(F)c1ccc([C@H]2CO[C@H]3Cc4ccccc4[C@H]3N2)cc1.FC(F)(F)c1ccc([C@H]2CO[C@H]3Cc4ccccc4[C@H]3N2)cc1. The molecular weight excluding hydrogens is 606 g/mol. The van der Waals surface area contributed by atoms with E-state index in [-0.39, 0.29) is 36.4 Å². The smallest absolute Gasteiger partial charge is 0.374 e. The van der Waals surface area contributed by atoms with Crippen LogP contribution in [0.3, 0.4) is 0 Å². The van der Waals surface area contributed by atoms with Gasteiger partial charge in [-0.1, -0.05) is 72.8 Å². The van der Waals surface area contributed by atoms with Gasteiger partial charge in [0, 0.05) is 12.8 Å². The molecule has 2 aliphatic carbocycles. The molecule has 8 rings (SSSR count). The number of hydrogen-bond donors (Lipinski definition) is 2. The van der Waals surface area contributed by atoms with Gasteiger partial charge in [-0.2, -0.15) is 26.3 Å². The van der Waals surface area contributed by atoms with Gasteiger partial charge in [-0.05, 0) is 57.6 Å². The number of fused-ring (bicyclic) bond motifs is 6. The van der Waals surface area contributed by atoms with E-state index in [1.807, 2.05) is 24.3 Å². The molecular formula is C36H32F6N2O2. The molecule has 46 heavy (non-hydrogen) atoms. The number of ether oxygens (including phenoxy) is 2. The van der Waals surface area contributed by atoms with E-state index in [1.165, 1.54) is 46.5 Å². The van der Waals surface area contributed by atoms with Gasteiger partial charge in [0.2, 0.25) is 0 Å². The van der Waals surface area contributed by atoms with Gasteiger partial charge in [0.1, 0.15) is 0 Å². The van der Waals surface area contributed by atoms with Crippen LogP contribution < -0.4 is 10.6 Å². The van der Waals surface area contributed by atoms with E-state index in [2.05, 4.69) is 34.9 Å². The molecule has 0 amide bonds. The Hall–Kier alpha value is -3.70. The molecule has 10 heteroatoms. The predicted molar refractivity (Wildman–Crippen MR) is 160 cm³/mol. The fourth-order valence-electron chi connectivity index (χ4n) is 6.98. The Labute approximate surface area is 262 Å². The van der Waals surface area contributed by atoms with E-state index in [0.717, 1.165) is 48.2 Å². The zero-order valence-corrected chi connectivity index (χ0v) is 24.6. The van der Waals surface area contributed by atoms with Gasteiger partial charge in [-0.15, -0.1) is 0 Å². The van der Waals surface area contributed by atoms with Crippen LogP contribution in [0.15, 0.2) is 97.1 Å². The number of halogens is 6. The summed E-state index contributed by atoms with van der Waals surface area (Å²) in [5.41, 5.74) is 5.42. The number of alkyl halides is 6. The van der Waals surface area contributed by atoms with Crippen LogP contribution >= 0.6 is 0 Å². The van der Waals surface area contributed by atoms with Gasteiger partial charge >= 0.3 is 12.4 Å². The molecule has 0 aromatic heterocycles. The fourth-order valence-corrected chi connectivity index (χ4v) is 6.98. The van der Waals surface area contributed by atoms with Crippen LogP contribution in [0.1, 0.15) is 68.7 Å². The quantitative estimate of drug-likeness (QED) is 0.218. The van der Waals surface area contributed by atoms with E-state index in [9.17, 15) is 26.3 Å². The van der Waals surface area contributed by atoms with Crippen molar-refractivity contribution in [2.24, 2.45) is 0 Å².